The van der Waals surface area contributed by atoms with Crippen molar-refractivity contribution in [1.82, 2.24) is 19.7 Å². The lowest BCUT2D eigenvalue weighted by atomic mass is 10.1. The quantitative estimate of drug-likeness (QED) is 0.287. The molecule has 0 aliphatic carbocycles. The Morgan fingerprint density at radius 3 is 2.63 bits per heavy atom. The lowest BCUT2D eigenvalue weighted by Crippen LogP contribution is -2.28. The van der Waals surface area contributed by atoms with Crippen LogP contribution in [0.2, 0.25) is 0 Å². The Morgan fingerprint density at radius 2 is 1.91 bits per heavy atom. The molecule has 0 unspecified atom stereocenters. The number of imidazole rings is 1. The zero-order valence-electron chi connectivity index (χ0n) is 19.7. The fourth-order valence-corrected chi connectivity index (χ4v) is 3.63. The first-order valence-corrected chi connectivity index (χ1v) is 11.0. The van der Waals surface area contributed by atoms with E-state index in [9.17, 15) is 4.79 Å². The lowest BCUT2D eigenvalue weighted by Gasteiger charge is -2.12. The number of hydrogen-bond acceptors (Lipinski definition) is 7. The van der Waals surface area contributed by atoms with E-state index in [4.69, 9.17) is 15.2 Å². The van der Waals surface area contributed by atoms with Crippen LogP contribution in [0.5, 0.6) is 5.75 Å². The third-order valence-corrected chi connectivity index (χ3v) is 5.34. The second kappa shape index (κ2) is 12.2. The average Bonchev–Trinajstić information content (AvgIpc) is 3.29. The highest BCUT2D eigenvalue weighted by Gasteiger charge is 2.13. The number of fused-ring (bicyclic) bond motifs is 1. The first kappa shape index (κ1) is 26.0. The van der Waals surface area contributed by atoms with Crippen molar-refractivity contribution < 1.29 is 14.3 Å². The van der Waals surface area contributed by atoms with E-state index in [2.05, 4.69) is 20.6 Å². The van der Waals surface area contributed by atoms with Gasteiger partial charge in [-0.2, -0.15) is 0 Å². The van der Waals surface area contributed by atoms with E-state index in [1.165, 1.54) is 0 Å². The van der Waals surface area contributed by atoms with E-state index in [0.717, 1.165) is 28.3 Å². The fourth-order valence-electron chi connectivity index (χ4n) is 3.63. The fraction of sp³-hybridized carbons (Fsp3) is 0.240. The second-order valence-electron chi connectivity index (χ2n) is 7.65. The van der Waals surface area contributed by atoms with E-state index in [1.54, 1.807) is 19.4 Å². The zero-order valence-corrected chi connectivity index (χ0v) is 20.5. The first-order valence-electron chi connectivity index (χ1n) is 11.0. The molecule has 0 saturated carbocycles. The second-order valence-corrected chi connectivity index (χ2v) is 7.65. The molecule has 9 nitrogen and oxygen atoms in total. The minimum absolute atomic E-state index is 0. The number of amides is 1. The summed E-state index contributed by atoms with van der Waals surface area (Å²) in [5, 5.41) is 6.18. The largest absolute Gasteiger partial charge is 0.497 e. The number of nitrogens with one attached hydrogen (secondary N) is 2. The number of halogens is 1. The van der Waals surface area contributed by atoms with E-state index < -0.39 is 0 Å². The maximum Gasteiger partial charge on any atom is 0.251 e. The van der Waals surface area contributed by atoms with Gasteiger partial charge in [0.05, 0.1) is 32.2 Å². The number of methoxy groups -OCH3 is 1. The molecule has 0 aliphatic rings. The molecule has 0 atom stereocenters. The van der Waals surface area contributed by atoms with Crippen LogP contribution in [0.25, 0.3) is 16.9 Å². The summed E-state index contributed by atoms with van der Waals surface area (Å²) >= 11 is 0. The number of hydrogen-bond donors (Lipinski definition) is 3. The van der Waals surface area contributed by atoms with E-state index in [-0.39, 0.29) is 18.3 Å². The summed E-state index contributed by atoms with van der Waals surface area (Å²) in [6.45, 7) is 3.71. The highest BCUT2D eigenvalue weighted by molar-refractivity contribution is 5.96. The summed E-state index contributed by atoms with van der Waals surface area (Å²) in [7, 11) is 1.65. The predicted octanol–water partition coefficient (Wildman–Crippen LogP) is 3.58. The number of aryl methyl sites for hydroxylation is 1. The highest BCUT2D eigenvalue weighted by atomic mass is 35.5. The van der Waals surface area contributed by atoms with E-state index >= 15 is 0 Å². The summed E-state index contributed by atoms with van der Waals surface area (Å²) in [6, 6.07) is 13.4. The molecule has 4 rings (SSSR count). The molecule has 0 aliphatic heterocycles. The Kier molecular flexibility index (Phi) is 9.02. The van der Waals surface area contributed by atoms with Crippen molar-refractivity contribution in [3.63, 3.8) is 0 Å². The molecule has 2 heterocycles. The van der Waals surface area contributed by atoms with Crippen molar-refractivity contribution in [3.05, 3.63) is 72.2 Å². The maximum absolute atomic E-state index is 12.5. The Hall–Kier alpha value is -3.66. The molecule has 10 heteroatoms. The summed E-state index contributed by atoms with van der Waals surface area (Å²) in [5.74, 6) is 1.28. The van der Waals surface area contributed by atoms with Gasteiger partial charge in [0, 0.05) is 42.3 Å². The number of ether oxygens (including phenoxy) is 2. The van der Waals surface area contributed by atoms with Gasteiger partial charge in [0.15, 0.2) is 11.5 Å². The molecule has 35 heavy (non-hydrogen) atoms. The maximum atomic E-state index is 12.5. The normalized spacial score (nSPS) is 10.6. The molecule has 4 N–H and O–H groups in total. The van der Waals surface area contributed by atoms with Gasteiger partial charge in [0.1, 0.15) is 5.75 Å². The van der Waals surface area contributed by atoms with Crippen LogP contribution in [-0.4, -0.2) is 53.7 Å². The van der Waals surface area contributed by atoms with Gasteiger partial charge in [-0.05, 0) is 55.0 Å². The van der Waals surface area contributed by atoms with Gasteiger partial charge in [-0.1, -0.05) is 0 Å². The van der Waals surface area contributed by atoms with Gasteiger partial charge in [0.25, 0.3) is 5.91 Å². The van der Waals surface area contributed by atoms with Gasteiger partial charge in [0.2, 0.25) is 0 Å². The zero-order chi connectivity index (χ0) is 23.9. The minimum atomic E-state index is -0.141. The van der Waals surface area contributed by atoms with Crippen LogP contribution >= 0.6 is 12.4 Å². The lowest BCUT2D eigenvalue weighted by molar-refractivity contribution is 0.0919. The molecule has 2 aromatic carbocycles. The Balaban J connectivity index is 0.00000342. The third-order valence-electron chi connectivity index (χ3n) is 5.34. The standard InChI is InChI=1S/C25H28N6O3.ClH/c1-17-15-19(5-8-21(17)25(32)28-11-14-34-13-9-26)30-23-24-29-16-22(31(24)12-10-27-23)18-3-6-20(33-2)7-4-18;/h3-8,10,12,15-16H,9,11,13-14,26H2,1-2H3,(H,27,30)(H,28,32);1H. The Labute approximate surface area is 210 Å². The molecule has 4 aromatic rings. The van der Waals surface area contributed by atoms with E-state index in [1.807, 2.05) is 60.1 Å². The van der Waals surface area contributed by atoms with Gasteiger partial charge in [-0.15, -0.1) is 12.4 Å². The van der Waals surface area contributed by atoms with Crippen LogP contribution in [0.1, 0.15) is 15.9 Å². The predicted molar refractivity (Wildman–Crippen MR) is 139 cm³/mol. The van der Waals surface area contributed by atoms with Crippen molar-refractivity contribution in [2.75, 3.05) is 38.7 Å². The summed E-state index contributed by atoms with van der Waals surface area (Å²) in [4.78, 5) is 21.5. The summed E-state index contributed by atoms with van der Waals surface area (Å²) < 4.78 is 12.5. The Bertz CT molecular complexity index is 1280. The molecular weight excluding hydrogens is 468 g/mol. The van der Waals surface area contributed by atoms with Gasteiger partial charge < -0.3 is 25.8 Å². The number of carbonyl (C=O) groups excluding carboxylic acids is 1. The molecule has 0 saturated heterocycles. The number of nitrogens with zero attached hydrogens (tertiary/aromatic N) is 3. The van der Waals surface area contributed by atoms with Crippen LogP contribution in [0.4, 0.5) is 11.5 Å². The molecule has 0 bridgehead atoms. The van der Waals surface area contributed by atoms with Crippen LogP contribution in [0.15, 0.2) is 61.1 Å². The average molecular weight is 497 g/mol. The van der Waals surface area contributed by atoms with Gasteiger partial charge in [-0.3, -0.25) is 9.20 Å². The van der Waals surface area contributed by atoms with Crippen molar-refractivity contribution in [1.29, 1.82) is 0 Å². The van der Waals surface area contributed by atoms with Crippen LogP contribution in [0, 0.1) is 6.92 Å². The van der Waals surface area contributed by atoms with Crippen molar-refractivity contribution in [3.8, 4) is 17.0 Å². The molecule has 184 valence electrons. The van der Waals surface area contributed by atoms with Gasteiger partial charge in [-0.25, -0.2) is 9.97 Å². The number of rotatable bonds is 10. The summed E-state index contributed by atoms with van der Waals surface area (Å²) in [5.41, 5.74) is 10.3. The number of nitrogens with two attached hydrogens (primary N) is 1. The first-order chi connectivity index (χ1) is 16.6. The smallest absolute Gasteiger partial charge is 0.251 e. The van der Waals surface area contributed by atoms with Crippen LogP contribution in [0.3, 0.4) is 0 Å². The van der Waals surface area contributed by atoms with Crippen molar-refractivity contribution in [2.24, 2.45) is 5.73 Å². The third kappa shape index (κ3) is 6.07. The molecule has 1 amide bonds. The van der Waals surface area contributed by atoms with Crippen LogP contribution < -0.4 is 21.1 Å². The number of aromatic nitrogens is 3. The topological polar surface area (TPSA) is 116 Å². The minimum Gasteiger partial charge on any atom is -0.497 e. The van der Waals surface area contributed by atoms with Crippen molar-refractivity contribution in [2.45, 2.75) is 6.92 Å². The van der Waals surface area contributed by atoms with Crippen LogP contribution in [-0.2, 0) is 4.74 Å². The van der Waals surface area contributed by atoms with E-state index in [0.29, 0.717) is 43.3 Å². The molecule has 2 aromatic heterocycles. The number of carbonyl (C=O) groups is 1. The molecular formula is C25H29ClN6O3. The number of anilines is 2. The molecule has 0 fully saturated rings. The molecule has 0 spiro atoms. The van der Waals surface area contributed by atoms with Gasteiger partial charge >= 0.3 is 0 Å². The molecule has 0 radical (unpaired) electrons. The van der Waals surface area contributed by atoms with Crippen molar-refractivity contribution >= 4 is 35.5 Å². The summed E-state index contributed by atoms with van der Waals surface area (Å²) in [6.07, 6.45) is 5.42. The Morgan fingerprint density at radius 1 is 1.11 bits per heavy atom. The highest BCUT2D eigenvalue weighted by Crippen LogP contribution is 2.27. The number of benzene rings is 2. The monoisotopic (exact) mass is 496 g/mol. The SMILES string of the molecule is COc1ccc(-c2cnc3c(Nc4ccc(C(=O)NCCOCCN)c(C)c4)nccn23)cc1.Cl.